The van der Waals surface area contributed by atoms with Crippen LogP contribution in [0.4, 0.5) is 0 Å². The van der Waals surface area contributed by atoms with Crippen molar-refractivity contribution in [3.63, 3.8) is 0 Å². The predicted molar refractivity (Wildman–Crippen MR) is 72.0 cm³/mol. The van der Waals surface area contributed by atoms with Crippen LogP contribution in [0.5, 0.6) is 0 Å². The van der Waals surface area contributed by atoms with Crippen LogP contribution < -0.4 is 0 Å². The van der Waals surface area contributed by atoms with Crippen LogP contribution in [0, 0.1) is 23.7 Å². The molecule has 0 amide bonds. The first kappa shape index (κ1) is 13.3. The summed E-state index contributed by atoms with van der Waals surface area (Å²) >= 11 is 2.00. The molecule has 0 N–H and O–H groups in total. The largest absolute Gasteiger partial charge is 0.469 e. The summed E-state index contributed by atoms with van der Waals surface area (Å²) in [5.41, 5.74) is 0. The number of rotatable bonds is 2. The molecule has 1 aliphatic carbocycles. The van der Waals surface area contributed by atoms with Crippen molar-refractivity contribution >= 4 is 17.7 Å². The van der Waals surface area contributed by atoms with E-state index in [1.807, 2.05) is 11.8 Å². The Kier molecular flexibility index (Phi) is 4.40. The average Bonchev–Trinajstić information content (AvgIpc) is 2.32. The predicted octanol–water partition coefficient (Wildman–Crippen LogP) is 3.35. The van der Waals surface area contributed by atoms with Crippen molar-refractivity contribution in [2.45, 2.75) is 44.8 Å². The quantitative estimate of drug-likeness (QED) is 0.709. The second kappa shape index (κ2) is 5.64. The SMILES string of the molecule is COC(=O)C[C@H]1SC[C@H](C)[C@@H]2CC[C@@H](C)C[C@@H]21. The van der Waals surface area contributed by atoms with Gasteiger partial charge >= 0.3 is 5.97 Å². The number of hydrogen-bond donors (Lipinski definition) is 0. The lowest BCUT2D eigenvalue weighted by Crippen LogP contribution is -2.41. The fraction of sp³-hybridized carbons (Fsp3) is 0.929. The summed E-state index contributed by atoms with van der Waals surface area (Å²) in [5, 5.41) is 0.506. The molecule has 17 heavy (non-hydrogen) atoms. The van der Waals surface area contributed by atoms with Crippen molar-refractivity contribution in [3.8, 4) is 0 Å². The molecule has 0 radical (unpaired) electrons. The van der Waals surface area contributed by atoms with E-state index in [-0.39, 0.29) is 5.97 Å². The second-order valence-electron chi connectivity index (χ2n) is 5.88. The highest BCUT2D eigenvalue weighted by Crippen LogP contribution is 2.48. The fourth-order valence-corrected chi connectivity index (χ4v) is 5.17. The Morgan fingerprint density at radius 1 is 1.29 bits per heavy atom. The minimum Gasteiger partial charge on any atom is -0.469 e. The zero-order chi connectivity index (χ0) is 12.4. The van der Waals surface area contributed by atoms with Gasteiger partial charge in [-0.2, -0.15) is 11.8 Å². The van der Waals surface area contributed by atoms with E-state index in [0.717, 1.165) is 23.7 Å². The summed E-state index contributed by atoms with van der Waals surface area (Å²) in [7, 11) is 1.50. The van der Waals surface area contributed by atoms with Crippen LogP contribution in [0.15, 0.2) is 0 Å². The molecule has 1 saturated heterocycles. The van der Waals surface area contributed by atoms with Gasteiger partial charge in [-0.25, -0.2) is 0 Å². The van der Waals surface area contributed by atoms with Crippen LogP contribution >= 0.6 is 11.8 Å². The van der Waals surface area contributed by atoms with Gasteiger partial charge in [-0.15, -0.1) is 0 Å². The lowest BCUT2D eigenvalue weighted by Gasteiger charge is -2.46. The molecular weight excluding hydrogens is 232 g/mol. The molecule has 2 aliphatic rings. The number of fused-ring (bicyclic) bond motifs is 1. The number of esters is 1. The van der Waals surface area contributed by atoms with Gasteiger partial charge in [-0.3, -0.25) is 4.79 Å². The van der Waals surface area contributed by atoms with Gasteiger partial charge in [0, 0.05) is 5.25 Å². The smallest absolute Gasteiger partial charge is 0.306 e. The molecule has 2 nitrogen and oxygen atoms in total. The Labute approximate surface area is 109 Å². The molecule has 1 saturated carbocycles. The van der Waals surface area contributed by atoms with Gasteiger partial charge in [0.15, 0.2) is 0 Å². The van der Waals surface area contributed by atoms with E-state index in [2.05, 4.69) is 13.8 Å². The molecule has 98 valence electrons. The van der Waals surface area contributed by atoms with E-state index in [1.165, 1.54) is 32.1 Å². The molecule has 1 aliphatic heterocycles. The third-order valence-electron chi connectivity index (χ3n) is 4.59. The van der Waals surface area contributed by atoms with E-state index in [0.29, 0.717) is 11.7 Å². The minimum atomic E-state index is -0.0333. The summed E-state index contributed by atoms with van der Waals surface area (Å²) in [6.45, 7) is 4.74. The Morgan fingerprint density at radius 3 is 2.76 bits per heavy atom. The number of carbonyl (C=O) groups excluding carboxylic acids is 1. The molecule has 0 aromatic rings. The molecule has 3 heteroatoms. The van der Waals surface area contributed by atoms with Gasteiger partial charge < -0.3 is 4.74 Å². The van der Waals surface area contributed by atoms with Gasteiger partial charge in [0.25, 0.3) is 0 Å². The van der Waals surface area contributed by atoms with E-state index < -0.39 is 0 Å². The number of methoxy groups -OCH3 is 1. The number of thioether (sulfide) groups is 1. The Morgan fingerprint density at radius 2 is 2.06 bits per heavy atom. The molecule has 0 spiro atoms. The highest BCUT2D eigenvalue weighted by molar-refractivity contribution is 8.00. The van der Waals surface area contributed by atoms with Crippen LogP contribution in [-0.4, -0.2) is 24.1 Å². The van der Waals surface area contributed by atoms with Crippen molar-refractivity contribution in [1.29, 1.82) is 0 Å². The van der Waals surface area contributed by atoms with Gasteiger partial charge in [0.1, 0.15) is 0 Å². The van der Waals surface area contributed by atoms with Crippen molar-refractivity contribution in [3.05, 3.63) is 0 Å². The normalized spacial score (nSPS) is 41.7. The van der Waals surface area contributed by atoms with E-state index in [9.17, 15) is 4.79 Å². The maximum Gasteiger partial charge on any atom is 0.306 e. The first-order valence-electron chi connectivity index (χ1n) is 6.80. The molecule has 2 rings (SSSR count). The molecular formula is C14H24O2S. The summed E-state index contributed by atoms with van der Waals surface area (Å²) in [4.78, 5) is 11.5. The summed E-state index contributed by atoms with van der Waals surface area (Å²) in [5.74, 6) is 4.44. The molecule has 0 bridgehead atoms. The first-order valence-corrected chi connectivity index (χ1v) is 7.85. The minimum absolute atomic E-state index is 0.0333. The van der Waals surface area contributed by atoms with Crippen molar-refractivity contribution in [2.24, 2.45) is 23.7 Å². The lowest BCUT2D eigenvalue weighted by molar-refractivity contribution is -0.141. The monoisotopic (exact) mass is 256 g/mol. The Balaban J connectivity index is 2.03. The Bertz CT molecular complexity index is 279. The van der Waals surface area contributed by atoms with Crippen LogP contribution in [-0.2, 0) is 9.53 Å². The van der Waals surface area contributed by atoms with Gasteiger partial charge in [-0.05, 0) is 42.3 Å². The van der Waals surface area contributed by atoms with Crippen molar-refractivity contribution in [2.75, 3.05) is 12.9 Å². The summed E-state index contributed by atoms with van der Waals surface area (Å²) < 4.78 is 4.83. The van der Waals surface area contributed by atoms with E-state index in [4.69, 9.17) is 4.74 Å². The zero-order valence-electron chi connectivity index (χ0n) is 11.1. The molecule has 1 heterocycles. The maximum atomic E-state index is 11.5. The molecule has 2 fully saturated rings. The highest BCUT2D eigenvalue weighted by atomic mass is 32.2. The van der Waals surface area contributed by atoms with E-state index >= 15 is 0 Å². The summed E-state index contributed by atoms with van der Waals surface area (Å²) in [6, 6.07) is 0. The second-order valence-corrected chi connectivity index (χ2v) is 7.15. The van der Waals surface area contributed by atoms with Crippen LogP contribution in [0.25, 0.3) is 0 Å². The van der Waals surface area contributed by atoms with Gasteiger partial charge in [0.05, 0.1) is 13.5 Å². The standard InChI is InChI=1S/C14H24O2S/c1-9-4-5-11-10(2)8-17-13(12(11)6-9)7-14(15)16-3/h9-13H,4-8H2,1-3H3/t9-,10+,11+,12+,13-/m1/s1. The number of carbonyl (C=O) groups is 1. The van der Waals surface area contributed by atoms with Crippen LogP contribution in [0.3, 0.4) is 0 Å². The highest BCUT2D eigenvalue weighted by Gasteiger charge is 2.41. The average molecular weight is 256 g/mol. The van der Waals surface area contributed by atoms with Crippen LogP contribution in [0.1, 0.15) is 39.5 Å². The first-order chi connectivity index (χ1) is 8.11. The summed E-state index contributed by atoms with van der Waals surface area (Å²) in [6.07, 6.45) is 4.66. The molecule has 5 atom stereocenters. The fourth-order valence-electron chi connectivity index (χ4n) is 3.56. The maximum absolute atomic E-state index is 11.5. The van der Waals surface area contributed by atoms with Crippen molar-refractivity contribution < 1.29 is 9.53 Å². The Hall–Kier alpha value is -0.180. The third-order valence-corrected chi connectivity index (χ3v) is 6.26. The lowest BCUT2D eigenvalue weighted by atomic mass is 9.68. The topological polar surface area (TPSA) is 26.3 Å². The molecule has 0 unspecified atom stereocenters. The molecule has 0 aromatic carbocycles. The van der Waals surface area contributed by atoms with Gasteiger partial charge in [0.2, 0.25) is 0 Å². The number of hydrogen-bond acceptors (Lipinski definition) is 3. The number of ether oxygens (including phenoxy) is 1. The van der Waals surface area contributed by atoms with Crippen LogP contribution in [0.2, 0.25) is 0 Å². The van der Waals surface area contributed by atoms with E-state index in [1.54, 1.807) is 0 Å². The van der Waals surface area contributed by atoms with Gasteiger partial charge in [-0.1, -0.05) is 20.3 Å². The molecule has 0 aromatic heterocycles. The van der Waals surface area contributed by atoms with Crippen molar-refractivity contribution in [1.82, 2.24) is 0 Å². The third kappa shape index (κ3) is 2.98. The zero-order valence-corrected chi connectivity index (χ0v) is 12.0.